The van der Waals surface area contributed by atoms with Crippen LogP contribution in [0.1, 0.15) is 16.8 Å². The molecule has 0 unspecified atom stereocenters. The largest absolute Gasteiger partial charge is 0.465 e. The van der Waals surface area contributed by atoms with Crippen molar-refractivity contribution in [3.63, 3.8) is 0 Å². The Morgan fingerprint density at radius 3 is 3.00 bits per heavy atom. The zero-order valence-corrected chi connectivity index (χ0v) is 11.0. The average molecular weight is 301 g/mol. The maximum Gasteiger partial charge on any atom is 0.339 e. The van der Waals surface area contributed by atoms with Crippen LogP contribution in [0.15, 0.2) is 16.7 Å². The number of hydrogen-bond acceptors (Lipinski definition) is 5. The second-order valence-electron chi connectivity index (χ2n) is 3.91. The van der Waals surface area contributed by atoms with E-state index < -0.39 is 5.97 Å². The summed E-state index contributed by atoms with van der Waals surface area (Å²) in [6, 6.07) is 1.68. The monoisotopic (exact) mass is 300 g/mol. The van der Waals surface area contributed by atoms with Crippen LogP contribution in [-0.2, 0) is 4.74 Å². The second kappa shape index (κ2) is 5.01. The molecule has 1 aromatic rings. The van der Waals surface area contributed by atoms with Crippen molar-refractivity contribution in [1.82, 2.24) is 4.98 Å². The maximum atomic E-state index is 11.3. The highest BCUT2D eigenvalue weighted by Gasteiger charge is 2.23. The predicted octanol–water partition coefficient (Wildman–Crippen LogP) is 1.20. The third-order valence-corrected chi connectivity index (χ3v) is 3.29. The Morgan fingerprint density at radius 1 is 1.71 bits per heavy atom. The standard InChI is InChI=1S/C11H13BrN2O3/c1-17-11(16)7-4-9(12)10(13-5-7)14-3-2-8(15)6-14/h4-5,8,15H,2-3,6H2,1H3/t8-/m1/s1. The quantitative estimate of drug-likeness (QED) is 0.832. The van der Waals surface area contributed by atoms with E-state index in [4.69, 9.17) is 0 Å². The van der Waals surface area contributed by atoms with Gasteiger partial charge in [0.05, 0.1) is 23.2 Å². The van der Waals surface area contributed by atoms with Gasteiger partial charge in [-0.1, -0.05) is 0 Å². The SMILES string of the molecule is COC(=O)c1cnc(N2CC[C@@H](O)C2)c(Br)c1. The van der Waals surface area contributed by atoms with Crippen LogP contribution in [0, 0.1) is 0 Å². The summed E-state index contributed by atoms with van der Waals surface area (Å²) in [6.07, 6.45) is 1.92. The zero-order chi connectivity index (χ0) is 12.4. The van der Waals surface area contributed by atoms with Crippen LogP contribution in [-0.4, -0.2) is 42.4 Å². The van der Waals surface area contributed by atoms with Gasteiger partial charge in [0.2, 0.25) is 0 Å². The number of aromatic nitrogens is 1. The number of hydrogen-bond donors (Lipinski definition) is 1. The Morgan fingerprint density at radius 2 is 2.47 bits per heavy atom. The number of aliphatic hydroxyl groups excluding tert-OH is 1. The third kappa shape index (κ3) is 2.58. The van der Waals surface area contributed by atoms with Crippen molar-refractivity contribution in [3.8, 4) is 0 Å². The van der Waals surface area contributed by atoms with Crippen molar-refractivity contribution >= 4 is 27.7 Å². The molecule has 1 saturated heterocycles. The number of methoxy groups -OCH3 is 1. The van der Waals surface area contributed by atoms with E-state index in [1.165, 1.54) is 13.3 Å². The van der Waals surface area contributed by atoms with Gasteiger partial charge in [-0.2, -0.15) is 0 Å². The number of pyridine rings is 1. The Bertz CT molecular complexity index is 439. The molecule has 0 aromatic carbocycles. The Hall–Kier alpha value is -1.14. The number of aliphatic hydroxyl groups is 1. The van der Waals surface area contributed by atoms with E-state index in [1.54, 1.807) is 6.07 Å². The van der Waals surface area contributed by atoms with Gasteiger partial charge in [-0.05, 0) is 28.4 Å². The van der Waals surface area contributed by atoms with E-state index in [9.17, 15) is 9.90 Å². The molecule has 0 aliphatic carbocycles. The van der Waals surface area contributed by atoms with E-state index in [0.717, 1.165) is 23.3 Å². The molecule has 0 spiro atoms. The number of rotatable bonds is 2. The van der Waals surface area contributed by atoms with E-state index in [-0.39, 0.29) is 6.10 Å². The number of ether oxygens (including phenoxy) is 1. The van der Waals surface area contributed by atoms with Crippen molar-refractivity contribution in [2.24, 2.45) is 0 Å². The molecule has 0 bridgehead atoms. The van der Waals surface area contributed by atoms with Crippen LogP contribution in [0.5, 0.6) is 0 Å². The summed E-state index contributed by atoms with van der Waals surface area (Å²) in [5.41, 5.74) is 0.405. The molecule has 1 N–H and O–H groups in total. The first-order chi connectivity index (χ1) is 8.11. The Labute approximate surface area is 108 Å². The lowest BCUT2D eigenvalue weighted by atomic mass is 10.3. The van der Waals surface area contributed by atoms with Crippen molar-refractivity contribution < 1.29 is 14.6 Å². The summed E-state index contributed by atoms with van der Waals surface area (Å²) < 4.78 is 5.35. The lowest BCUT2D eigenvalue weighted by Crippen LogP contribution is -2.22. The minimum atomic E-state index is -0.411. The van der Waals surface area contributed by atoms with Crippen LogP contribution in [0.25, 0.3) is 0 Å². The molecule has 2 heterocycles. The van der Waals surface area contributed by atoms with Gasteiger partial charge in [0.25, 0.3) is 0 Å². The van der Waals surface area contributed by atoms with Gasteiger partial charge in [0.15, 0.2) is 0 Å². The lowest BCUT2D eigenvalue weighted by molar-refractivity contribution is 0.0600. The first kappa shape index (κ1) is 12.3. The van der Waals surface area contributed by atoms with Gasteiger partial charge in [-0.15, -0.1) is 0 Å². The highest BCUT2D eigenvalue weighted by Crippen LogP contribution is 2.27. The van der Waals surface area contributed by atoms with Gasteiger partial charge < -0.3 is 14.7 Å². The van der Waals surface area contributed by atoms with Gasteiger partial charge in [-0.3, -0.25) is 0 Å². The number of carbonyl (C=O) groups excluding carboxylic acids is 1. The second-order valence-corrected chi connectivity index (χ2v) is 4.76. The molecule has 92 valence electrons. The van der Waals surface area contributed by atoms with E-state index in [0.29, 0.717) is 12.1 Å². The summed E-state index contributed by atoms with van der Waals surface area (Å²) in [7, 11) is 1.33. The molecule has 0 radical (unpaired) electrons. The molecular weight excluding hydrogens is 288 g/mol. The molecule has 0 amide bonds. The number of esters is 1. The molecule has 1 fully saturated rings. The molecule has 1 aromatic heterocycles. The zero-order valence-electron chi connectivity index (χ0n) is 9.39. The number of carbonyl (C=O) groups is 1. The molecule has 0 saturated carbocycles. The first-order valence-corrected chi connectivity index (χ1v) is 6.08. The minimum absolute atomic E-state index is 0.302. The van der Waals surface area contributed by atoms with Crippen molar-refractivity contribution in [2.45, 2.75) is 12.5 Å². The van der Waals surface area contributed by atoms with Gasteiger partial charge in [-0.25, -0.2) is 9.78 Å². The molecule has 6 heteroatoms. The van der Waals surface area contributed by atoms with Crippen LogP contribution in [0.2, 0.25) is 0 Å². The van der Waals surface area contributed by atoms with Gasteiger partial charge >= 0.3 is 5.97 Å². The summed E-state index contributed by atoms with van der Waals surface area (Å²) in [6.45, 7) is 1.34. The summed E-state index contributed by atoms with van der Waals surface area (Å²) in [5.74, 6) is 0.334. The highest BCUT2D eigenvalue weighted by atomic mass is 79.9. The molecule has 2 rings (SSSR count). The third-order valence-electron chi connectivity index (χ3n) is 2.71. The molecule has 1 atom stereocenters. The fraction of sp³-hybridized carbons (Fsp3) is 0.455. The summed E-state index contributed by atoms with van der Waals surface area (Å²) in [5, 5.41) is 9.47. The first-order valence-electron chi connectivity index (χ1n) is 5.28. The molecule has 1 aliphatic heterocycles. The predicted molar refractivity (Wildman–Crippen MR) is 66.1 cm³/mol. The fourth-order valence-electron chi connectivity index (χ4n) is 1.83. The lowest BCUT2D eigenvalue weighted by Gasteiger charge is -2.18. The number of halogens is 1. The van der Waals surface area contributed by atoms with Crippen LogP contribution < -0.4 is 4.90 Å². The van der Waals surface area contributed by atoms with Crippen molar-refractivity contribution in [1.29, 1.82) is 0 Å². The average Bonchev–Trinajstić information content (AvgIpc) is 2.74. The minimum Gasteiger partial charge on any atom is -0.465 e. The Balaban J connectivity index is 2.23. The van der Waals surface area contributed by atoms with Gasteiger partial charge in [0, 0.05) is 19.3 Å². The normalized spacial score (nSPS) is 19.5. The van der Waals surface area contributed by atoms with Crippen molar-refractivity contribution in [3.05, 3.63) is 22.3 Å². The van der Waals surface area contributed by atoms with Crippen LogP contribution in [0.4, 0.5) is 5.82 Å². The Kier molecular flexibility index (Phi) is 3.63. The smallest absolute Gasteiger partial charge is 0.339 e. The van der Waals surface area contributed by atoms with E-state index in [1.807, 2.05) is 4.90 Å². The molecule has 17 heavy (non-hydrogen) atoms. The van der Waals surface area contributed by atoms with Crippen LogP contribution in [0.3, 0.4) is 0 Å². The fourth-order valence-corrected chi connectivity index (χ4v) is 2.43. The molecule has 1 aliphatic rings. The topological polar surface area (TPSA) is 62.7 Å². The van der Waals surface area contributed by atoms with E-state index in [2.05, 4.69) is 25.7 Å². The van der Waals surface area contributed by atoms with Crippen molar-refractivity contribution in [2.75, 3.05) is 25.1 Å². The number of β-amino-alcohol motifs (C(OH)–C–C–N with tert-alkyl or cyclic N) is 1. The molecule has 5 nitrogen and oxygen atoms in total. The maximum absolute atomic E-state index is 11.3. The van der Waals surface area contributed by atoms with E-state index >= 15 is 0 Å². The van der Waals surface area contributed by atoms with Crippen LogP contribution >= 0.6 is 15.9 Å². The summed E-state index contributed by atoms with van der Waals surface area (Å²) >= 11 is 3.38. The number of nitrogens with zero attached hydrogens (tertiary/aromatic N) is 2. The summed E-state index contributed by atoms with van der Waals surface area (Å²) in [4.78, 5) is 17.5. The molecular formula is C11H13BrN2O3. The van der Waals surface area contributed by atoms with Gasteiger partial charge in [0.1, 0.15) is 5.82 Å². The highest BCUT2D eigenvalue weighted by molar-refractivity contribution is 9.10. The number of anilines is 1.